The van der Waals surface area contributed by atoms with Crippen molar-refractivity contribution < 1.29 is 4.79 Å². The van der Waals surface area contributed by atoms with Crippen LogP contribution in [0, 0.1) is 0 Å². The number of halogens is 1. The van der Waals surface area contributed by atoms with Gasteiger partial charge in [-0.05, 0) is 24.5 Å². The Balaban J connectivity index is 2.65. The fraction of sp³-hybridized carbons (Fsp3) is 0.455. The maximum absolute atomic E-state index is 12.0. The second-order valence-corrected chi connectivity index (χ2v) is 5.06. The van der Waals surface area contributed by atoms with E-state index in [1.165, 1.54) is 6.20 Å². The third-order valence-corrected chi connectivity index (χ3v) is 3.30. The summed E-state index contributed by atoms with van der Waals surface area (Å²) in [6.07, 6.45) is 4.47. The smallest absolute Gasteiger partial charge is 0.255 e. The molecule has 6 heteroatoms. The highest BCUT2D eigenvalue weighted by Crippen LogP contribution is 2.17. The zero-order valence-corrected chi connectivity index (χ0v) is 11.5. The zero-order chi connectivity index (χ0) is 12.8. The molecule has 2 N–H and O–H groups in total. The van der Waals surface area contributed by atoms with Crippen LogP contribution in [0.1, 0.15) is 16.8 Å². The Hall–Kier alpha value is -0.940. The van der Waals surface area contributed by atoms with Crippen LogP contribution in [-0.4, -0.2) is 41.4 Å². The molecule has 1 heterocycles. The minimum Gasteiger partial charge on any atom is -0.382 e. The van der Waals surface area contributed by atoms with Crippen molar-refractivity contribution in [2.75, 3.05) is 31.3 Å². The fourth-order valence-corrected chi connectivity index (χ4v) is 1.92. The minimum atomic E-state index is -0.0829. The first-order valence-corrected chi connectivity index (χ1v) is 6.99. The number of thioether (sulfide) groups is 1. The van der Waals surface area contributed by atoms with Crippen LogP contribution in [0.2, 0.25) is 5.02 Å². The van der Waals surface area contributed by atoms with E-state index >= 15 is 0 Å². The number of amides is 1. The van der Waals surface area contributed by atoms with E-state index < -0.39 is 0 Å². The van der Waals surface area contributed by atoms with Crippen LogP contribution in [0.5, 0.6) is 0 Å². The summed E-state index contributed by atoms with van der Waals surface area (Å²) in [5.74, 6) is 1.20. The largest absolute Gasteiger partial charge is 0.382 e. The molecular formula is C11H16ClN3OS. The summed E-state index contributed by atoms with van der Waals surface area (Å²) < 4.78 is 0. The van der Waals surface area contributed by atoms with E-state index in [0.717, 1.165) is 18.7 Å². The summed E-state index contributed by atoms with van der Waals surface area (Å²) >= 11 is 7.60. The molecule has 0 aliphatic rings. The first-order chi connectivity index (χ1) is 8.06. The van der Waals surface area contributed by atoms with Gasteiger partial charge < -0.3 is 10.6 Å². The van der Waals surface area contributed by atoms with E-state index in [0.29, 0.717) is 10.6 Å². The molecule has 0 spiro atoms. The summed E-state index contributed by atoms with van der Waals surface area (Å²) in [4.78, 5) is 17.5. The Morgan fingerprint density at radius 2 is 2.35 bits per heavy atom. The highest BCUT2D eigenvalue weighted by molar-refractivity contribution is 7.98. The van der Waals surface area contributed by atoms with Crippen LogP contribution in [0.15, 0.2) is 12.3 Å². The van der Waals surface area contributed by atoms with Gasteiger partial charge in [0.25, 0.3) is 5.91 Å². The Labute approximate surface area is 111 Å². The third-order valence-electron chi connectivity index (χ3n) is 2.31. The van der Waals surface area contributed by atoms with Gasteiger partial charge in [-0.25, -0.2) is 4.98 Å². The Morgan fingerprint density at radius 1 is 1.65 bits per heavy atom. The second-order valence-electron chi connectivity index (χ2n) is 3.66. The fourth-order valence-electron chi connectivity index (χ4n) is 1.33. The van der Waals surface area contributed by atoms with Gasteiger partial charge in [0.1, 0.15) is 5.82 Å². The number of carbonyl (C=O) groups is 1. The van der Waals surface area contributed by atoms with Crippen molar-refractivity contribution in [1.29, 1.82) is 0 Å². The Kier molecular flexibility index (Phi) is 5.58. The monoisotopic (exact) mass is 273 g/mol. The molecule has 4 nitrogen and oxygen atoms in total. The number of rotatable bonds is 5. The highest BCUT2D eigenvalue weighted by Gasteiger charge is 2.13. The molecular weight excluding hydrogens is 258 g/mol. The van der Waals surface area contributed by atoms with Crippen LogP contribution in [0.3, 0.4) is 0 Å². The minimum absolute atomic E-state index is 0.0829. The molecule has 0 fully saturated rings. The maximum Gasteiger partial charge on any atom is 0.255 e. The Morgan fingerprint density at radius 3 is 2.94 bits per heavy atom. The number of nitrogens with zero attached hydrogens (tertiary/aromatic N) is 2. The van der Waals surface area contributed by atoms with Gasteiger partial charge >= 0.3 is 0 Å². The molecule has 0 saturated heterocycles. The molecule has 0 aliphatic heterocycles. The lowest BCUT2D eigenvalue weighted by Crippen LogP contribution is -2.28. The normalized spacial score (nSPS) is 10.3. The Bertz CT molecular complexity index is 400. The predicted molar refractivity (Wildman–Crippen MR) is 73.6 cm³/mol. The average molecular weight is 274 g/mol. The lowest BCUT2D eigenvalue weighted by atomic mass is 10.2. The molecule has 94 valence electrons. The topological polar surface area (TPSA) is 59.2 Å². The van der Waals surface area contributed by atoms with Gasteiger partial charge in [0.2, 0.25) is 0 Å². The highest BCUT2D eigenvalue weighted by atomic mass is 35.5. The number of anilines is 1. The molecule has 17 heavy (non-hydrogen) atoms. The molecule has 0 bridgehead atoms. The van der Waals surface area contributed by atoms with Crippen molar-refractivity contribution in [2.45, 2.75) is 6.42 Å². The van der Waals surface area contributed by atoms with E-state index in [2.05, 4.69) is 4.98 Å². The average Bonchev–Trinajstić information content (AvgIpc) is 2.32. The lowest BCUT2D eigenvalue weighted by molar-refractivity contribution is 0.0795. The molecule has 0 aliphatic carbocycles. The quantitative estimate of drug-likeness (QED) is 0.835. The number of hydrogen-bond donors (Lipinski definition) is 1. The summed E-state index contributed by atoms with van der Waals surface area (Å²) in [6.45, 7) is 0.724. The van der Waals surface area contributed by atoms with Crippen LogP contribution in [0.4, 0.5) is 5.82 Å². The molecule has 0 aromatic carbocycles. The molecule has 0 unspecified atom stereocenters. The van der Waals surface area contributed by atoms with Crippen molar-refractivity contribution in [2.24, 2.45) is 0 Å². The van der Waals surface area contributed by atoms with Crippen molar-refractivity contribution in [3.63, 3.8) is 0 Å². The SMILES string of the molecule is CSCCCN(C)C(=O)c1cnc(N)c(Cl)c1. The number of hydrogen-bond acceptors (Lipinski definition) is 4. The number of aromatic nitrogens is 1. The number of carbonyl (C=O) groups excluding carboxylic acids is 1. The van der Waals surface area contributed by atoms with Gasteiger partial charge in [-0.3, -0.25) is 4.79 Å². The maximum atomic E-state index is 12.0. The molecule has 1 amide bonds. The lowest BCUT2D eigenvalue weighted by Gasteiger charge is -2.16. The van der Waals surface area contributed by atoms with Gasteiger partial charge in [0, 0.05) is 19.8 Å². The standard InChI is InChI=1S/C11H16ClN3OS/c1-15(4-3-5-17-2)11(16)8-6-9(12)10(13)14-7-8/h6-7H,3-5H2,1-2H3,(H2,13,14). The molecule has 0 saturated carbocycles. The van der Waals surface area contributed by atoms with E-state index in [9.17, 15) is 4.79 Å². The van der Waals surface area contributed by atoms with Gasteiger partial charge in [-0.15, -0.1) is 0 Å². The second kappa shape index (κ2) is 6.71. The van der Waals surface area contributed by atoms with Crippen LogP contribution >= 0.6 is 23.4 Å². The first kappa shape index (κ1) is 14.1. The van der Waals surface area contributed by atoms with Gasteiger partial charge in [-0.1, -0.05) is 11.6 Å². The summed E-state index contributed by atoms with van der Waals surface area (Å²) in [5, 5.41) is 0.313. The van der Waals surface area contributed by atoms with E-state index in [1.54, 1.807) is 29.8 Å². The zero-order valence-electron chi connectivity index (χ0n) is 9.94. The van der Waals surface area contributed by atoms with Crippen molar-refractivity contribution >= 4 is 35.1 Å². The van der Waals surface area contributed by atoms with Crippen molar-refractivity contribution in [3.05, 3.63) is 22.8 Å². The van der Waals surface area contributed by atoms with Gasteiger partial charge in [0.15, 0.2) is 0 Å². The van der Waals surface area contributed by atoms with Crippen LogP contribution in [0.25, 0.3) is 0 Å². The molecule has 0 radical (unpaired) electrons. The summed E-state index contributed by atoms with van der Waals surface area (Å²) in [6, 6.07) is 1.55. The number of nitrogen functional groups attached to an aromatic ring is 1. The molecule has 1 aromatic heterocycles. The number of nitrogens with two attached hydrogens (primary N) is 1. The van der Waals surface area contributed by atoms with Crippen molar-refractivity contribution in [1.82, 2.24) is 9.88 Å². The van der Waals surface area contributed by atoms with E-state index in [4.69, 9.17) is 17.3 Å². The summed E-state index contributed by atoms with van der Waals surface area (Å²) in [7, 11) is 1.77. The molecule has 1 aromatic rings. The van der Waals surface area contributed by atoms with Crippen LogP contribution in [-0.2, 0) is 0 Å². The first-order valence-electron chi connectivity index (χ1n) is 5.21. The van der Waals surface area contributed by atoms with Gasteiger partial charge in [-0.2, -0.15) is 11.8 Å². The summed E-state index contributed by atoms with van der Waals surface area (Å²) in [5.41, 5.74) is 5.96. The third kappa shape index (κ3) is 4.09. The van der Waals surface area contributed by atoms with Crippen molar-refractivity contribution in [3.8, 4) is 0 Å². The number of pyridine rings is 1. The van der Waals surface area contributed by atoms with Gasteiger partial charge in [0.05, 0.1) is 10.6 Å². The van der Waals surface area contributed by atoms with E-state index in [1.807, 2.05) is 6.26 Å². The molecule has 1 rings (SSSR count). The van der Waals surface area contributed by atoms with Crippen LogP contribution < -0.4 is 5.73 Å². The predicted octanol–water partition coefficient (Wildman–Crippen LogP) is 2.14. The molecule has 0 atom stereocenters. The van der Waals surface area contributed by atoms with E-state index in [-0.39, 0.29) is 11.7 Å².